The van der Waals surface area contributed by atoms with Crippen LogP contribution in [0.15, 0.2) is 23.1 Å². The zero-order chi connectivity index (χ0) is 24.0. The van der Waals surface area contributed by atoms with Gasteiger partial charge in [0.15, 0.2) is 11.2 Å². The van der Waals surface area contributed by atoms with E-state index in [4.69, 9.17) is 14.7 Å². The minimum Gasteiger partial charge on any atom is -0.461 e. The second kappa shape index (κ2) is 8.60. The van der Waals surface area contributed by atoms with E-state index in [0.717, 1.165) is 82.3 Å². The van der Waals surface area contributed by atoms with Crippen LogP contribution in [0.4, 0.5) is 10.2 Å². The third-order valence-corrected chi connectivity index (χ3v) is 8.47. The van der Waals surface area contributed by atoms with Gasteiger partial charge in [0.2, 0.25) is 0 Å². The Balaban J connectivity index is 1.27. The number of rotatable bonds is 7. The average Bonchev–Trinajstić information content (AvgIpc) is 3.55. The smallest absolute Gasteiger partial charge is 0.301 e. The van der Waals surface area contributed by atoms with E-state index in [0.29, 0.717) is 23.7 Å². The third-order valence-electron chi connectivity index (χ3n) is 8.47. The summed E-state index contributed by atoms with van der Waals surface area (Å²) in [6.45, 7) is 2.63. The van der Waals surface area contributed by atoms with Gasteiger partial charge in [-0.05, 0) is 82.8 Å². The van der Waals surface area contributed by atoms with Gasteiger partial charge in [0.25, 0.3) is 5.56 Å². The largest absolute Gasteiger partial charge is 0.461 e. The SMILES string of the molecule is CCCn1c(OC2CCCC2)nc2nc(C34CCC(Nc5ccc(F)cn5)(CC3)CC4)[nH]c2c1=O. The maximum Gasteiger partial charge on any atom is 0.301 e. The lowest BCUT2D eigenvalue weighted by atomic mass is 9.57. The number of nitrogens with zero attached hydrogens (tertiary/aromatic N) is 4. The molecule has 186 valence electrons. The van der Waals surface area contributed by atoms with Gasteiger partial charge in [0, 0.05) is 17.5 Å². The molecular weight excluding hydrogens is 447 g/mol. The van der Waals surface area contributed by atoms with Crippen molar-refractivity contribution in [3.63, 3.8) is 0 Å². The van der Waals surface area contributed by atoms with Gasteiger partial charge >= 0.3 is 6.01 Å². The molecule has 2 bridgehead atoms. The number of hydrogen-bond donors (Lipinski definition) is 2. The molecule has 0 saturated heterocycles. The van der Waals surface area contributed by atoms with Gasteiger partial charge in [-0.1, -0.05) is 6.92 Å². The van der Waals surface area contributed by atoms with E-state index in [2.05, 4.69) is 22.2 Å². The van der Waals surface area contributed by atoms with Crippen molar-refractivity contribution < 1.29 is 9.13 Å². The first kappa shape index (κ1) is 22.5. The van der Waals surface area contributed by atoms with Crippen LogP contribution in [0.25, 0.3) is 11.2 Å². The third kappa shape index (κ3) is 3.98. The fraction of sp³-hybridized carbons (Fsp3) is 0.615. The van der Waals surface area contributed by atoms with Crippen molar-refractivity contribution in [1.82, 2.24) is 24.5 Å². The van der Waals surface area contributed by atoms with Crippen LogP contribution in [-0.4, -0.2) is 36.1 Å². The van der Waals surface area contributed by atoms with E-state index in [1.165, 1.54) is 12.3 Å². The van der Waals surface area contributed by atoms with E-state index in [1.807, 2.05) is 0 Å². The molecule has 0 aromatic carbocycles. The Kier molecular flexibility index (Phi) is 5.53. The monoisotopic (exact) mass is 480 g/mol. The molecule has 35 heavy (non-hydrogen) atoms. The van der Waals surface area contributed by atoms with Crippen LogP contribution < -0.4 is 15.6 Å². The number of hydrogen-bond acceptors (Lipinski definition) is 6. The fourth-order valence-corrected chi connectivity index (χ4v) is 6.33. The number of fused-ring (bicyclic) bond motifs is 4. The maximum absolute atomic E-state index is 13.4. The van der Waals surface area contributed by atoms with Crippen LogP contribution >= 0.6 is 0 Å². The highest BCUT2D eigenvalue weighted by Crippen LogP contribution is 2.54. The molecule has 4 aliphatic carbocycles. The molecule has 4 fully saturated rings. The second-order valence-corrected chi connectivity index (χ2v) is 10.7. The van der Waals surface area contributed by atoms with Crippen molar-refractivity contribution in [2.75, 3.05) is 5.32 Å². The molecule has 3 aromatic rings. The average molecular weight is 481 g/mol. The summed E-state index contributed by atoms with van der Waals surface area (Å²) in [5, 5.41) is 3.59. The van der Waals surface area contributed by atoms with E-state index in [-0.39, 0.29) is 28.4 Å². The molecule has 0 radical (unpaired) electrons. The van der Waals surface area contributed by atoms with Gasteiger partial charge in [-0.2, -0.15) is 4.98 Å². The van der Waals surface area contributed by atoms with Gasteiger partial charge in [0.05, 0.1) is 6.20 Å². The molecule has 0 unspecified atom stereocenters. The number of anilines is 1. The van der Waals surface area contributed by atoms with E-state index in [9.17, 15) is 9.18 Å². The molecule has 9 heteroatoms. The quantitative estimate of drug-likeness (QED) is 0.502. The van der Waals surface area contributed by atoms with Crippen molar-refractivity contribution in [2.24, 2.45) is 0 Å². The van der Waals surface area contributed by atoms with E-state index < -0.39 is 0 Å². The Bertz CT molecular complexity index is 1250. The molecule has 8 nitrogen and oxygen atoms in total. The Hall–Kier alpha value is -2.97. The van der Waals surface area contributed by atoms with Crippen LogP contribution in [0, 0.1) is 5.82 Å². The lowest BCUT2D eigenvalue weighted by molar-refractivity contribution is 0.115. The van der Waals surface area contributed by atoms with Gasteiger partial charge in [-0.3, -0.25) is 9.36 Å². The molecule has 0 spiro atoms. The zero-order valence-electron chi connectivity index (χ0n) is 20.3. The molecule has 4 aliphatic rings. The van der Waals surface area contributed by atoms with Crippen molar-refractivity contribution in [3.05, 3.63) is 40.3 Å². The Morgan fingerprint density at radius 3 is 2.54 bits per heavy atom. The van der Waals surface area contributed by atoms with Gasteiger partial charge < -0.3 is 15.0 Å². The lowest BCUT2D eigenvalue weighted by Gasteiger charge is -2.53. The number of nitrogens with one attached hydrogen (secondary N) is 2. The normalized spacial score (nSPS) is 26.5. The van der Waals surface area contributed by atoms with Crippen LogP contribution in [0.5, 0.6) is 6.01 Å². The number of aromatic amines is 1. The Morgan fingerprint density at radius 1 is 1.14 bits per heavy atom. The van der Waals surface area contributed by atoms with Crippen LogP contribution in [-0.2, 0) is 12.0 Å². The first-order valence-corrected chi connectivity index (χ1v) is 13.1. The predicted octanol–water partition coefficient (Wildman–Crippen LogP) is 4.84. The van der Waals surface area contributed by atoms with E-state index in [1.54, 1.807) is 10.6 Å². The van der Waals surface area contributed by atoms with Gasteiger partial charge in [-0.25, -0.2) is 14.4 Å². The summed E-state index contributed by atoms with van der Waals surface area (Å²) in [6, 6.07) is 3.56. The van der Waals surface area contributed by atoms with Crippen LogP contribution in [0.1, 0.15) is 83.4 Å². The van der Waals surface area contributed by atoms with Crippen LogP contribution in [0.2, 0.25) is 0 Å². The summed E-state index contributed by atoms with van der Waals surface area (Å²) in [5.41, 5.74) is 0.764. The minimum atomic E-state index is -0.326. The summed E-state index contributed by atoms with van der Waals surface area (Å²) < 4.78 is 21.1. The predicted molar refractivity (Wildman–Crippen MR) is 131 cm³/mol. The highest BCUT2D eigenvalue weighted by atomic mass is 19.1. The molecule has 3 heterocycles. The van der Waals surface area contributed by atoms with Crippen molar-refractivity contribution in [2.45, 2.75) is 101 Å². The lowest BCUT2D eigenvalue weighted by Crippen LogP contribution is -2.53. The molecule has 0 aliphatic heterocycles. The number of ether oxygens (including phenoxy) is 1. The summed E-state index contributed by atoms with van der Waals surface area (Å²) in [4.78, 5) is 30.6. The number of H-pyrrole nitrogens is 1. The molecule has 7 rings (SSSR count). The Morgan fingerprint density at radius 2 is 1.89 bits per heavy atom. The number of aromatic nitrogens is 5. The fourth-order valence-electron chi connectivity index (χ4n) is 6.33. The first-order valence-electron chi connectivity index (χ1n) is 13.1. The zero-order valence-corrected chi connectivity index (χ0v) is 20.3. The topological polar surface area (TPSA) is 97.7 Å². The maximum atomic E-state index is 13.4. The number of halogens is 1. The highest BCUT2D eigenvalue weighted by molar-refractivity contribution is 5.70. The van der Waals surface area contributed by atoms with Gasteiger partial charge in [-0.15, -0.1) is 0 Å². The summed E-state index contributed by atoms with van der Waals surface area (Å²) in [6.07, 6.45) is 12.4. The minimum absolute atomic E-state index is 0.0209. The van der Waals surface area contributed by atoms with Crippen molar-refractivity contribution in [1.29, 1.82) is 0 Å². The second-order valence-electron chi connectivity index (χ2n) is 10.7. The summed E-state index contributed by atoms with van der Waals surface area (Å²) in [7, 11) is 0. The van der Waals surface area contributed by atoms with Gasteiger partial charge in [0.1, 0.15) is 23.6 Å². The van der Waals surface area contributed by atoms with Crippen molar-refractivity contribution >= 4 is 17.0 Å². The number of imidazole rings is 1. The summed E-state index contributed by atoms with van der Waals surface area (Å²) >= 11 is 0. The van der Waals surface area contributed by atoms with Crippen LogP contribution in [0.3, 0.4) is 0 Å². The standard InChI is InChI=1S/C26H33FN6O2/c1-2-15-33-22(34)20-21(31-24(33)35-18-5-3-4-6-18)30-23(29-20)25-9-12-26(13-10-25,14-11-25)32-19-8-7-17(27)16-28-19/h7-8,16,18H,2-6,9-15H2,1H3,(H,28,32)(H,29,30). The highest BCUT2D eigenvalue weighted by Gasteiger charge is 2.51. The molecule has 4 saturated carbocycles. The summed E-state index contributed by atoms with van der Waals surface area (Å²) in [5.74, 6) is 1.28. The van der Waals surface area contributed by atoms with Crippen molar-refractivity contribution in [3.8, 4) is 6.01 Å². The Labute approximate surface area is 203 Å². The molecule has 0 amide bonds. The first-order chi connectivity index (χ1) is 17.0. The number of pyridine rings is 1. The molecule has 3 aromatic heterocycles. The molecule has 2 N–H and O–H groups in total. The van der Waals surface area contributed by atoms with E-state index >= 15 is 0 Å². The molecular formula is C26H33FN6O2. The molecule has 0 atom stereocenters.